The van der Waals surface area contributed by atoms with E-state index in [4.69, 9.17) is 0 Å². The summed E-state index contributed by atoms with van der Waals surface area (Å²) < 4.78 is 0. The Morgan fingerprint density at radius 2 is 2.00 bits per heavy atom. The lowest BCUT2D eigenvalue weighted by atomic mass is 10.1. The molecule has 0 atom stereocenters. The topological polar surface area (TPSA) is 42.0 Å². The predicted octanol–water partition coefficient (Wildman–Crippen LogP) is 3.80. The number of thiophene rings is 1. The smallest absolute Gasteiger partial charge is 0.261 e. The lowest BCUT2D eigenvalue weighted by Crippen LogP contribution is -2.22. The van der Waals surface area contributed by atoms with Crippen molar-refractivity contribution in [2.24, 2.45) is 0 Å². The summed E-state index contributed by atoms with van der Waals surface area (Å²) in [5.74, 6) is -0.0334. The van der Waals surface area contributed by atoms with Gasteiger partial charge in [0.25, 0.3) is 5.91 Å². The van der Waals surface area contributed by atoms with Gasteiger partial charge in [0.15, 0.2) is 0 Å². The van der Waals surface area contributed by atoms with Gasteiger partial charge in [-0.3, -0.25) is 4.79 Å². The number of hydrogen-bond acceptors (Lipinski definition) is 4. The van der Waals surface area contributed by atoms with Gasteiger partial charge in [-0.2, -0.15) is 0 Å². The molecule has 0 unspecified atom stereocenters. The van der Waals surface area contributed by atoms with Crippen LogP contribution in [0.4, 0.5) is 0 Å². The molecule has 0 aliphatic carbocycles. The summed E-state index contributed by atoms with van der Waals surface area (Å²) in [5.41, 5.74) is 2.15. The molecule has 0 fully saturated rings. The summed E-state index contributed by atoms with van der Waals surface area (Å²) in [7, 11) is 0. The van der Waals surface area contributed by atoms with Gasteiger partial charge >= 0.3 is 0 Å². The number of hydrogen-bond donors (Lipinski definition) is 1. The van der Waals surface area contributed by atoms with E-state index >= 15 is 0 Å². The SMILES string of the molecule is O=C(NCc1ccccc1-c1nccs1)c1cccs1. The number of nitrogens with zero attached hydrogens (tertiary/aromatic N) is 1. The molecule has 100 valence electrons. The standard InChI is InChI=1S/C15H12N2OS2/c18-14(13-6-3-8-19-13)17-10-11-4-1-2-5-12(11)15-16-7-9-20-15/h1-9H,10H2,(H,17,18). The highest BCUT2D eigenvalue weighted by Crippen LogP contribution is 2.25. The summed E-state index contributed by atoms with van der Waals surface area (Å²) in [6.45, 7) is 0.506. The van der Waals surface area contributed by atoms with Crippen molar-refractivity contribution >= 4 is 28.6 Å². The fourth-order valence-corrected chi connectivity index (χ4v) is 3.25. The third kappa shape index (κ3) is 2.79. The van der Waals surface area contributed by atoms with Crippen LogP contribution in [0.15, 0.2) is 53.4 Å². The van der Waals surface area contributed by atoms with Gasteiger partial charge in [-0.15, -0.1) is 22.7 Å². The van der Waals surface area contributed by atoms with Gasteiger partial charge < -0.3 is 5.32 Å². The van der Waals surface area contributed by atoms with Crippen LogP contribution in [0.3, 0.4) is 0 Å². The van der Waals surface area contributed by atoms with Crippen molar-refractivity contribution in [1.82, 2.24) is 10.3 Å². The van der Waals surface area contributed by atoms with Crippen LogP contribution in [0, 0.1) is 0 Å². The lowest BCUT2D eigenvalue weighted by molar-refractivity contribution is 0.0955. The van der Waals surface area contributed by atoms with Crippen LogP contribution in [0.5, 0.6) is 0 Å². The van der Waals surface area contributed by atoms with Gasteiger partial charge in [-0.1, -0.05) is 30.3 Å². The fraction of sp³-hybridized carbons (Fsp3) is 0.0667. The Bertz CT molecular complexity index is 691. The van der Waals surface area contributed by atoms with Gasteiger partial charge in [0.1, 0.15) is 5.01 Å². The van der Waals surface area contributed by atoms with Crippen molar-refractivity contribution in [1.29, 1.82) is 0 Å². The van der Waals surface area contributed by atoms with E-state index in [2.05, 4.69) is 10.3 Å². The molecule has 3 aromatic rings. The van der Waals surface area contributed by atoms with Crippen LogP contribution < -0.4 is 5.32 Å². The quantitative estimate of drug-likeness (QED) is 0.796. The molecule has 2 heterocycles. The Morgan fingerprint density at radius 3 is 2.75 bits per heavy atom. The number of carbonyl (C=O) groups is 1. The number of carbonyl (C=O) groups excluding carboxylic acids is 1. The van der Waals surface area contributed by atoms with Crippen molar-refractivity contribution < 1.29 is 4.79 Å². The van der Waals surface area contributed by atoms with Gasteiger partial charge in [0.2, 0.25) is 0 Å². The zero-order valence-electron chi connectivity index (χ0n) is 10.6. The van der Waals surface area contributed by atoms with Crippen molar-refractivity contribution in [2.45, 2.75) is 6.54 Å². The number of thiazole rings is 1. The third-order valence-corrected chi connectivity index (χ3v) is 4.54. The Hall–Kier alpha value is -1.98. The average Bonchev–Trinajstić information content (AvgIpc) is 3.17. The maximum atomic E-state index is 12.0. The van der Waals surface area contributed by atoms with Crippen LogP contribution in [0.25, 0.3) is 10.6 Å². The van der Waals surface area contributed by atoms with E-state index in [1.165, 1.54) is 11.3 Å². The number of benzene rings is 1. The summed E-state index contributed by atoms with van der Waals surface area (Å²) in [6, 6.07) is 11.7. The highest BCUT2D eigenvalue weighted by atomic mass is 32.1. The maximum absolute atomic E-state index is 12.0. The molecular formula is C15H12N2OS2. The van der Waals surface area contributed by atoms with Crippen LogP contribution in [0.1, 0.15) is 15.2 Å². The highest BCUT2D eigenvalue weighted by Gasteiger charge is 2.09. The van der Waals surface area contributed by atoms with Crippen molar-refractivity contribution in [2.75, 3.05) is 0 Å². The average molecular weight is 300 g/mol. The first kappa shape index (κ1) is 13.0. The first-order valence-corrected chi connectivity index (χ1v) is 7.90. The number of nitrogens with one attached hydrogen (secondary N) is 1. The molecular weight excluding hydrogens is 288 g/mol. The zero-order chi connectivity index (χ0) is 13.8. The minimum Gasteiger partial charge on any atom is -0.347 e. The molecule has 3 rings (SSSR count). The Balaban J connectivity index is 1.77. The lowest BCUT2D eigenvalue weighted by Gasteiger charge is -2.08. The van der Waals surface area contributed by atoms with Gasteiger partial charge in [-0.25, -0.2) is 4.98 Å². The molecule has 0 bridgehead atoms. The monoisotopic (exact) mass is 300 g/mol. The summed E-state index contributed by atoms with van der Waals surface area (Å²) in [4.78, 5) is 17.0. The molecule has 1 N–H and O–H groups in total. The molecule has 3 nitrogen and oxygen atoms in total. The van der Waals surface area contributed by atoms with Crippen LogP contribution in [-0.2, 0) is 6.54 Å². The minimum absolute atomic E-state index is 0.0334. The van der Waals surface area contributed by atoms with Crippen molar-refractivity contribution in [3.63, 3.8) is 0 Å². The van der Waals surface area contributed by atoms with Crippen molar-refractivity contribution in [3.05, 3.63) is 63.8 Å². The van der Waals surface area contributed by atoms with Gasteiger partial charge in [0, 0.05) is 23.7 Å². The van der Waals surface area contributed by atoms with Gasteiger partial charge in [0.05, 0.1) is 4.88 Å². The maximum Gasteiger partial charge on any atom is 0.261 e. The number of rotatable bonds is 4. The van der Waals surface area contributed by atoms with E-state index in [1.807, 2.05) is 47.2 Å². The number of amides is 1. The molecule has 0 radical (unpaired) electrons. The molecule has 20 heavy (non-hydrogen) atoms. The Kier molecular flexibility index (Phi) is 3.90. The second-order valence-electron chi connectivity index (χ2n) is 4.15. The third-order valence-electron chi connectivity index (χ3n) is 2.86. The largest absolute Gasteiger partial charge is 0.347 e. The summed E-state index contributed by atoms with van der Waals surface area (Å²) in [6.07, 6.45) is 1.79. The van der Waals surface area contributed by atoms with E-state index in [1.54, 1.807) is 17.5 Å². The predicted molar refractivity (Wildman–Crippen MR) is 83.0 cm³/mol. The van der Waals surface area contributed by atoms with E-state index in [-0.39, 0.29) is 5.91 Å². The van der Waals surface area contributed by atoms with E-state index in [0.29, 0.717) is 6.54 Å². The Morgan fingerprint density at radius 1 is 1.10 bits per heavy atom. The highest BCUT2D eigenvalue weighted by molar-refractivity contribution is 7.13. The summed E-state index contributed by atoms with van der Waals surface area (Å²) >= 11 is 3.05. The Labute approximate surface area is 124 Å². The fourth-order valence-electron chi connectivity index (χ4n) is 1.91. The second kappa shape index (κ2) is 5.98. The molecule has 5 heteroatoms. The summed E-state index contributed by atoms with van der Waals surface area (Å²) in [5, 5.41) is 7.79. The molecule has 0 aliphatic heterocycles. The first-order valence-electron chi connectivity index (χ1n) is 6.14. The molecule has 0 aliphatic rings. The normalized spacial score (nSPS) is 10.4. The molecule has 1 aromatic carbocycles. The first-order chi connectivity index (χ1) is 9.84. The van der Waals surface area contributed by atoms with E-state index in [0.717, 1.165) is 21.0 Å². The molecule has 2 aromatic heterocycles. The molecule has 0 spiro atoms. The van der Waals surface area contributed by atoms with E-state index in [9.17, 15) is 4.79 Å². The van der Waals surface area contributed by atoms with Crippen LogP contribution in [-0.4, -0.2) is 10.9 Å². The van der Waals surface area contributed by atoms with Crippen LogP contribution >= 0.6 is 22.7 Å². The minimum atomic E-state index is -0.0334. The molecule has 0 saturated heterocycles. The molecule has 1 amide bonds. The number of aromatic nitrogens is 1. The van der Waals surface area contributed by atoms with E-state index < -0.39 is 0 Å². The molecule has 0 saturated carbocycles. The van der Waals surface area contributed by atoms with Crippen LogP contribution in [0.2, 0.25) is 0 Å². The van der Waals surface area contributed by atoms with Gasteiger partial charge in [-0.05, 0) is 17.0 Å². The second-order valence-corrected chi connectivity index (χ2v) is 6.00. The zero-order valence-corrected chi connectivity index (χ0v) is 12.2. The van der Waals surface area contributed by atoms with Crippen molar-refractivity contribution in [3.8, 4) is 10.6 Å².